The van der Waals surface area contributed by atoms with Crippen molar-refractivity contribution in [1.82, 2.24) is 9.80 Å². The Hall–Kier alpha value is -1.43. The van der Waals surface area contributed by atoms with Crippen LogP contribution in [0.3, 0.4) is 0 Å². The summed E-state index contributed by atoms with van der Waals surface area (Å²) in [6.45, 7) is 8.12. The van der Waals surface area contributed by atoms with Crippen LogP contribution in [0.2, 0.25) is 0 Å². The fraction of sp³-hybridized carbons (Fsp3) is 0.650. The number of hydrogen-bond donors (Lipinski definition) is 1. The van der Waals surface area contributed by atoms with Crippen LogP contribution in [0, 0.1) is 0 Å². The van der Waals surface area contributed by atoms with E-state index in [-0.39, 0.29) is 5.91 Å². The molecule has 5 nitrogen and oxygen atoms in total. The molecule has 25 heavy (non-hydrogen) atoms. The van der Waals surface area contributed by atoms with Crippen molar-refractivity contribution in [3.8, 4) is 0 Å². The minimum absolute atomic E-state index is 0.106. The average Bonchev–Trinajstić information content (AvgIpc) is 2.64. The van der Waals surface area contributed by atoms with Crippen LogP contribution in [0.4, 0.5) is 5.69 Å². The molecular formula is C20H31N3O2. The third-order valence-corrected chi connectivity index (χ3v) is 5.36. The van der Waals surface area contributed by atoms with E-state index in [2.05, 4.69) is 28.1 Å². The summed E-state index contributed by atoms with van der Waals surface area (Å²) in [5.41, 5.74) is 2.13. The van der Waals surface area contributed by atoms with E-state index < -0.39 is 0 Å². The molecule has 1 aromatic carbocycles. The first-order valence-corrected chi connectivity index (χ1v) is 9.68. The number of hydrogen-bond acceptors (Lipinski definition) is 4. The van der Waals surface area contributed by atoms with Crippen molar-refractivity contribution in [2.24, 2.45) is 0 Å². The zero-order valence-corrected chi connectivity index (χ0v) is 15.4. The van der Waals surface area contributed by atoms with Crippen LogP contribution in [-0.2, 0) is 16.1 Å². The lowest BCUT2D eigenvalue weighted by atomic mass is 10.00. The topological polar surface area (TPSA) is 44.8 Å². The fourth-order valence-electron chi connectivity index (χ4n) is 3.88. The lowest BCUT2D eigenvalue weighted by Crippen LogP contribution is -2.43. The molecule has 0 saturated carbocycles. The third kappa shape index (κ3) is 5.27. The first-order chi connectivity index (χ1) is 12.3. The Labute approximate surface area is 151 Å². The van der Waals surface area contributed by atoms with Gasteiger partial charge in [0.05, 0.1) is 19.8 Å². The summed E-state index contributed by atoms with van der Waals surface area (Å²) < 4.78 is 5.42. The van der Waals surface area contributed by atoms with Gasteiger partial charge in [0, 0.05) is 31.4 Å². The van der Waals surface area contributed by atoms with Crippen molar-refractivity contribution in [3.63, 3.8) is 0 Å². The maximum Gasteiger partial charge on any atom is 0.238 e. The molecule has 2 saturated heterocycles. The molecule has 0 aromatic heterocycles. The molecule has 0 bridgehead atoms. The van der Waals surface area contributed by atoms with Crippen molar-refractivity contribution in [1.29, 1.82) is 0 Å². The van der Waals surface area contributed by atoms with Crippen molar-refractivity contribution >= 4 is 11.6 Å². The summed E-state index contributed by atoms with van der Waals surface area (Å²) in [6, 6.07) is 8.72. The minimum Gasteiger partial charge on any atom is -0.379 e. The number of rotatable bonds is 6. The van der Waals surface area contributed by atoms with E-state index in [1.165, 1.54) is 24.8 Å². The summed E-state index contributed by atoms with van der Waals surface area (Å²) in [4.78, 5) is 17.3. The van der Waals surface area contributed by atoms with Crippen LogP contribution >= 0.6 is 0 Å². The van der Waals surface area contributed by atoms with E-state index in [0.29, 0.717) is 12.6 Å². The average molecular weight is 345 g/mol. The lowest BCUT2D eigenvalue weighted by molar-refractivity contribution is -0.118. The number of para-hydroxylation sites is 1. The quantitative estimate of drug-likeness (QED) is 0.861. The van der Waals surface area contributed by atoms with Crippen molar-refractivity contribution in [2.75, 3.05) is 44.7 Å². The van der Waals surface area contributed by atoms with Gasteiger partial charge in [0.2, 0.25) is 5.91 Å². The van der Waals surface area contributed by atoms with Gasteiger partial charge in [0.25, 0.3) is 0 Å². The van der Waals surface area contributed by atoms with Gasteiger partial charge in [-0.1, -0.05) is 31.5 Å². The number of benzene rings is 1. The molecule has 2 aliphatic heterocycles. The summed E-state index contributed by atoms with van der Waals surface area (Å²) >= 11 is 0. The van der Waals surface area contributed by atoms with Gasteiger partial charge in [0.1, 0.15) is 0 Å². The molecule has 1 atom stereocenters. The Kier molecular flexibility index (Phi) is 6.84. The van der Waals surface area contributed by atoms with Crippen molar-refractivity contribution < 1.29 is 9.53 Å². The third-order valence-electron chi connectivity index (χ3n) is 5.36. The molecule has 0 spiro atoms. The number of amides is 1. The highest BCUT2D eigenvalue weighted by Crippen LogP contribution is 2.21. The predicted octanol–water partition coefficient (Wildman–Crippen LogP) is 2.72. The second-order valence-electron chi connectivity index (χ2n) is 7.12. The van der Waals surface area contributed by atoms with Gasteiger partial charge >= 0.3 is 0 Å². The zero-order valence-electron chi connectivity index (χ0n) is 15.4. The molecule has 0 radical (unpaired) electrons. The van der Waals surface area contributed by atoms with Gasteiger partial charge in [-0.15, -0.1) is 0 Å². The van der Waals surface area contributed by atoms with Gasteiger partial charge in [-0.25, -0.2) is 0 Å². The Bertz CT molecular complexity index is 558. The lowest BCUT2D eigenvalue weighted by Gasteiger charge is -2.34. The van der Waals surface area contributed by atoms with E-state index in [9.17, 15) is 4.79 Å². The largest absolute Gasteiger partial charge is 0.379 e. The number of likely N-dealkylation sites (tertiary alicyclic amines) is 1. The zero-order chi connectivity index (χ0) is 17.5. The molecule has 1 N–H and O–H groups in total. The Morgan fingerprint density at radius 3 is 2.80 bits per heavy atom. The Balaban J connectivity index is 1.58. The molecule has 1 amide bonds. The standard InChI is InChI=1S/C20H31N3O2/c1-2-18-8-5-6-10-23(18)16-20(24)21-19-9-4-3-7-17(19)15-22-11-13-25-14-12-22/h3-4,7,9,18H,2,5-6,8,10-16H2,1H3,(H,21,24). The first kappa shape index (κ1) is 18.4. The van der Waals surface area contributed by atoms with Crippen LogP contribution in [0.15, 0.2) is 24.3 Å². The van der Waals surface area contributed by atoms with Crippen LogP contribution in [0.25, 0.3) is 0 Å². The fourth-order valence-corrected chi connectivity index (χ4v) is 3.88. The van der Waals surface area contributed by atoms with Gasteiger partial charge < -0.3 is 10.1 Å². The molecule has 2 fully saturated rings. The molecule has 1 unspecified atom stereocenters. The maximum atomic E-state index is 12.6. The number of ether oxygens (including phenoxy) is 1. The highest BCUT2D eigenvalue weighted by Gasteiger charge is 2.23. The summed E-state index contributed by atoms with van der Waals surface area (Å²) in [7, 11) is 0. The number of carbonyl (C=O) groups is 1. The number of anilines is 1. The van der Waals surface area contributed by atoms with E-state index >= 15 is 0 Å². The molecular weight excluding hydrogens is 314 g/mol. The Morgan fingerprint density at radius 1 is 1.20 bits per heavy atom. The molecule has 3 rings (SSSR count). The second kappa shape index (κ2) is 9.32. The van der Waals surface area contributed by atoms with Crippen LogP contribution < -0.4 is 5.32 Å². The van der Waals surface area contributed by atoms with E-state index in [4.69, 9.17) is 4.74 Å². The van der Waals surface area contributed by atoms with Crippen LogP contribution in [0.1, 0.15) is 38.2 Å². The molecule has 2 heterocycles. The highest BCUT2D eigenvalue weighted by atomic mass is 16.5. The van der Waals surface area contributed by atoms with Crippen molar-refractivity contribution in [2.45, 2.75) is 45.2 Å². The summed E-state index contributed by atoms with van der Waals surface area (Å²) in [5.74, 6) is 0.106. The van der Waals surface area contributed by atoms with E-state index in [0.717, 1.165) is 51.5 Å². The maximum absolute atomic E-state index is 12.6. The molecule has 1 aromatic rings. The number of nitrogens with one attached hydrogen (secondary N) is 1. The Morgan fingerprint density at radius 2 is 2.00 bits per heavy atom. The van der Waals surface area contributed by atoms with Gasteiger partial charge in [-0.2, -0.15) is 0 Å². The minimum atomic E-state index is 0.106. The summed E-state index contributed by atoms with van der Waals surface area (Å²) in [6.07, 6.45) is 4.84. The van der Waals surface area contributed by atoms with Crippen LogP contribution in [0.5, 0.6) is 0 Å². The van der Waals surface area contributed by atoms with Gasteiger partial charge in [-0.3, -0.25) is 14.6 Å². The van der Waals surface area contributed by atoms with Gasteiger partial charge in [0.15, 0.2) is 0 Å². The van der Waals surface area contributed by atoms with E-state index in [1.54, 1.807) is 0 Å². The normalized spacial score (nSPS) is 22.7. The molecule has 0 aliphatic carbocycles. The highest BCUT2D eigenvalue weighted by molar-refractivity contribution is 5.93. The smallest absolute Gasteiger partial charge is 0.238 e. The van der Waals surface area contributed by atoms with Gasteiger partial charge in [-0.05, 0) is 37.4 Å². The molecule has 5 heteroatoms. The first-order valence-electron chi connectivity index (χ1n) is 9.68. The number of nitrogens with zero attached hydrogens (tertiary/aromatic N) is 2. The van der Waals surface area contributed by atoms with E-state index in [1.807, 2.05) is 18.2 Å². The second-order valence-corrected chi connectivity index (χ2v) is 7.12. The van der Waals surface area contributed by atoms with Crippen molar-refractivity contribution in [3.05, 3.63) is 29.8 Å². The van der Waals surface area contributed by atoms with Crippen LogP contribution in [-0.4, -0.2) is 61.1 Å². The SMILES string of the molecule is CCC1CCCCN1CC(=O)Nc1ccccc1CN1CCOCC1. The number of morpholine rings is 1. The number of carbonyl (C=O) groups excluding carboxylic acids is 1. The molecule has 2 aliphatic rings. The summed E-state index contributed by atoms with van der Waals surface area (Å²) in [5, 5.41) is 3.15. The number of piperidine rings is 1. The predicted molar refractivity (Wildman–Crippen MR) is 101 cm³/mol. The molecule has 138 valence electrons. The monoisotopic (exact) mass is 345 g/mol.